The van der Waals surface area contributed by atoms with Crippen LogP contribution in [0.5, 0.6) is 11.5 Å². The highest BCUT2D eigenvalue weighted by atomic mass is 19.1. The van der Waals surface area contributed by atoms with Crippen molar-refractivity contribution in [2.24, 2.45) is 5.92 Å². The lowest BCUT2D eigenvalue weighted by atomic mass is 10.1. The Morgan fingerprint density at radius 1 is 0.969 bits per heavy atom. The second-order valence-electron chi connectivity index (χ2n) is 8.15. The van der Waals surface area contributed by atoms with E-state index in [1.807, 2.05) is 26.0 Å². The molecule has 0 spiro atoms. The fourth-order valence-corrected chi connectivity index (χ4v) is 3.25. The van der Waals surface area contributed by atoms with Gasteiger partial charge in [0.25, 0.3) is 0 Å². The van der Waals surface area contributed by atoms with Crippen LogP contribution < -0.4 is 14.8 Å². The number of carbonyl (C=O) groups is 2. The Hall–Kier alpha value is -3.09. The molecule has 0 aliphatic carbocycles. The van der Waals surface area contributed by atoms with Crippen LogP contribution in [0.3, 0.4) is 0 Å². The standard InChI is InChI=1S/C25H33FN2O4/c1-17(2)15-27-25(30)18(3)28(16-20-6-10-21(26)11-7-20)24(29)13-9-19-8-12-22(31-4)23(14-19)32-5/h6-8,10-12,14,17-18H,9,13,15-16H2,1-5H3,(H,27,30). The van der Waals surface area contributed by atoms with Gasteiger partial charge < -0.3 is 19.7 Å². The molecule has 1 atom stereocenters. The normalized spacial score (nSPS) is 11.7. The summed E-state index contributed by atoms with van der Waals surface area (Å²) in [5.41, 5.74) is 1.68. The topological polar surface area (TPSA) is 67.9 Å². The number of amides is 2. The molecule has 0 radical (unpaired) electrons. The minimum atomic E-state index is -0.656. The first-order valence-corrected chi connectivity index (χ1v) is 10.8. The summed E-state index contributed by atoms with van der Waals surface area (Å²) < 4.78 is 23.9. The number of nitrogens with one attached hydrogen (secondary N) is 1. The van der Waals surface area contributed by atoms with Crippen LogP contribution in [0.2, 0.25) is 0 Å². The predicted octanol–water partition coefficient (Wildman–Crippen LogP) is 3.97. The minimum Gasteiger partial charge on any atom is -0.493 e. The Bertz CT molecular complexity index is 899. The molecule has 0 fully saturated rings. The fraction of sp³-hybridized carbons (Fsp3) is 0.440. The lowest BCUT2D eigenvalue weighted by Crippen LogP contribution is -2.48. The molecule has 2 rings (SSSR count). The van der Waals surface area contributed by atoms with Gasteiger partial charge in [0.1, 0.15) is 11.9 Å². The second-order valence-corrected chi connectivity index (χ2v) is 8.15. The molecule has 32 heavy (non-hydrogen) atoms. The summed E-state index contributed by atoms with van der Waals surface area (Å²) in [6.07, 6.45) is 0.706. The maximum atomic E-state index is 13.3. The maximum absolute atomic E-state index is 13.3. The first-order valence-electron chi connectivity index (χ1n) is 10.8. The van der Waals surface area contributed by atoms with Crippen LogP contribution in [0.25, 0.3) is 0 Å². The zero-order chi connectivity index (χ0) is 23.7. The van der Waals surface area contributed by atoms with E-state index >= 15 is 0 Å². The van der Waals surface area contributed by atoms with Gasteiger partial charge in [0.2, 0.25) is 11.8 Å². The molecule has 6 nitrogen and oxygen atoms in total. The Kier molecular flexibility index (Phi) is 9.50. The van der Waals surface area contributed by atoms with E-state index in [9.17, 15) is 14.0 Å². The third-order valence-electron chi connectivity index (χ3n) is 5.19. The first kappa shape index (κ1) is 25.2. The van der Waals surface area contributed by atoms with Gasteiger partial charge in [-0.2, -0.15) is 0 Å². The zero-order valence-electron chi connectivity index (χ0n) is 19.5. The van der Waals surface area contributed by atoms with Crippen molar-refractivity contribution in [1.82, 2.24) is 10.2 Å². The summed E-state index contributed by atoms with van der Waals surface area (Å²) in [4.78, 5) is 27.4. The van der Waals surface area contributed by atoms with E-state index in [-0.39, 0.29) is 30.6 Å². The number of halogens is 1. The lowest BCUT2D eigenvalue weighted by Gasteiger charge is -2.29. The molecule has 174 valence electrons. The number of nitrogens with zero attached hydrogens (tertiary/aromatic N) is 1. The van der Waals surface area contributed by atoms with Gasteiger partial charge >= 0.3 is 0 Å². The number of benzene rings is 2. The van der Waals surface area contributed by atoms with E-state index in [0.29, 0.717) is 30.4 Å². The summed E-state index contributed by atoms with van der Waals surface area (Å²) in [6.45, 7) is 6.49. The van der Waals surface area contributed by atoms with Gasteiger partial charge in [0.15, 0.2) is 11.5 Å². The summed E-state index contributed by atoms with van der Waals surface area (Å²) in [6, 6.07) is 10.8. The molecule has 1 unspecified atom stereocenters. The second kappa shape index (κ2) is 12.1. The molecule has 0 saturated carbocycles. The van der Waals surface area contributed by atoms with Crippen LogP contribution in [0.15, 0.2) is 42.5 Å². The Morgan fingerprint density at radius 3 is 2.19 bits per heavy atom. The quantitative estimate of drug-likeness (QED) is 0.570. The number of rotatable bonds is 11. The Balaban J connectivity index is 2.15. The third-order valence-corrected chi connectivity index (χ3v) is 5.19. The van der Waals surface area contributed by atoms with E-state index in [1.165, 1.54) is 12.1 Å². The third kappa shape index (κ3) is 7.25. The van der Waals surface area contributed by atoms with Crippen molar-refractivity contribution in [3.05, 3.63) is 59.4 Å². The largest absolute Gasteiger partial charge is 0.493 e. The first-order chi connectivity index (χ1) is 15.2. The van der Waals surface area contributed by atoms with Crippen LogP contribution >= 0.6 is 0 Å². The molecule has 0 aromatic heterocycles. The summed E-state index contributed by atoms with van der Waals surface area (Å²) in [5.74, 6) is 0.815. The maximum Gasteiger partial charge on any atom is 0.242 e. The van der Waals surface area contributed by atoms with Gasteiger partial charge in [-0.15, -0.1) is 0 Å². The SMILES string of the molecule is COc1ccc(CCC(=O)N(Cc2ccc(F)cc2)C(C)C(=O)NCC(C)C)cc1OC. The van der Waals surface area contributed by atoms with Crippen molar-refractivity contribution < 1.29 is 23.5 Å². The molecule has 0 heterocycles. The van der Waals surface area contributed by atoms with Crippen LogP contribution in [-0.4, -0.2) is 43.5 Å². The van der Waals surface area contributed by atoms with Gasteiger partial charge in [-0.3, -0.25) is 9.59 Å². The lowest BCUT2D eigenvalue weighted by molar-refractivity contribution is -0.140. The van der Waals surface area contributed by atoms with E-state index in [2.05, 4.69) is 5.32 Å². The molecule has 7 heteroatoms. The molecular weight excluding hydrogens is 411 g/mol. The van der Waals surface area contributed by atoms with E-state index in [1.54, 1.807) is 44.2 Å². The van der Waals surface area contributed by atoms with Crippen molar-refractivity contribution in [1.29, 1.82) is 0 Å². The summed E-state index contributed by atoms with van der Waals surface area (Å²) >= 11 is 0. The number of hydrogen-bond acceptors (Lipinski definition) is 4. The van der Waals surface area contributed by atoms with Crippen molar-refractivity contribution in [2.75, 3.05) is 20.8 Å². The van der Waals surface area contributed by atoms with Crippen molar-refractivity contribution in [2.45, 2.75) is 46.2 Å². The Labute approximate surface area is 189 Å². The van der Waals surface area contributed by atoms with Crippen LogP contribution in [0, 0.1) is 11.7 Å². The highest BCUT2D eigenvalue weighted by Gasteiger charge is 2.26. The van der Waals surface area contributed by atoms with Crippen molar-refractivity contribution >= 4 is 11.8 Å². The zero-order valence-corrected chi connectivity index (χ0v) is 19.5. The monoisotopic (exact) mass is 444 g/mol. The molecule has 2 aromatic carbocycles. The highest BCUT2D eigenvalue weighted by molar-refractivity contribution is 5.87. The molecule has 0 saturated heterocycles. The van der Waals surface area contributed by atoms with Gasteiger partial charge in [0.05, 0.1) is 14.2 Å². The van der Waals surface area contributed by atoms with Crippen molar-refractivity contribution in [3.63, 3.8) is 0 Å². The van der Waals surface area contributed by atoms with Crippen LogP contribution in [-0.2, 0) is 22.6 Å². The number of carbonyl (C=O) groups excluding carboxylic acids is 2. The number of methoxy groups -OCH3 is 2. The molecule has 0 aliphatic heterocycles. The van der Waals surface area contributed by atoms with Gasteiger partial charge in [-0.25, -0.2) is 4.39 Å². The Morgan fingerprint density at radius 2 is 1.59 bits per heavy atom. The average molecular weight is 445 g/mol. The van der Waals surface area contributed by atoms with E-state index < -0.39 is 6.04 Å². The molecule has 2 amide bonds. The number of aryl methyl sites for hydroxylation is 1. The van der Waals surface area contributed by atoms with Crippen LogP contribution in [0.1, 0.15) is 38.3 Å². The van der Waals surface area contributed by atoms with Gasteiger partial charge in [0, 0.05) is 19.5 Å². The highest BCUT2D eigenvalue weighted by Crippen LogP contribution is 2.28. The molecular formula is C25H33FN2O4. The number of ether oxygens (including phenoxy) is 2. The smallest absolute Gasteiger partial charge is 0.242 e. The minimum absolute atomic E-state index is 0.156. The fourth-order valence-electron chi connectivity index (χ4n) is 3.25. The molecule has 0 aliphatic rings. The average Bonchev–Trinajstić information content (AvgIpc) is 2.79. The van der Waals surface area contributed by atoms with E-state index in [4.69, 9.17) is 9.47 Å². The van der Waals surface area contributed by atoms with Crippen LogP contribution in [0.4, 0.5) is 4.39 Å². The van der Waals surface area contributed by atoms with Crippen molar-refractivity contribution in [3.8, 4) is 11.5 Å². The summed E-state index contributed by atoms with van der Waals surface area (Å²) in [7, 11) is 3.13. The predicted molar refractivity (Wildman–Crippen MR) is 122 cm³/mol. The molecule has 1 N–H and O–H groups in total. The molecule has 0 bridgehead atoms. The number of hydrogen-bond donors (Lipinski definition) is 1. The molecule has 2 aromatic rings. The van der Waals surface area contributed by atoms with Gasteiger partial charge in [-0.1, -0.05) is 32.0 Å². The van der Waals surface area contributed by atoms with E-state index in [0.717, 1.165) is 11.1 Å². The van der Waals surface area contributed by atoms with Gasteiger partial charge in [-0.05, 0) is 54.7 Å². The summed E-state index contributed by atoms with van der Waals surface area (Å²) in [5, 5.41) is 2.89.